The third-order valence-corrected chi connectivity index (χ3v) is 5.37. The molecule has 0 fully saturated rings. The minimum absolute atomic E-state index is 0.0421. The highest BCUT2D eigenvalue weighted by atomic mass is 16.5. The molecule has 4 N–H and O–H groups in total. The van der Waals surface area contributed by atoms with Crippen LogP contribution in [0.2, 0.25) is 0 Å². The highest BCUT2D eigenvalue weighted by molar-refractivity contribution is 5.96. The molecule has 1 atom stereocenters. The van der Waals surface area contributed by atoms with Gasteiger partial charge in [0.25, 0.3) is 0 Å². The van der Waals surface area contributed by atoms with Gasteiger partial charge in [0, 0.05) is 20.5 Å². The fraction of sp³-hybridized carbons (Fsp3) is 0.522. The molecule has 0 bridgehead atoms. The highest BCUT2D eigenvalue weighted by Crippen LogP contribution is 2.47. The van der Waals surface area contributed by atoms with Crippen molar-refractivity contribution in [1.29, 1.82) is 0 Å². The van der Waals surface area contributed by atoms with E-state index in [2.05, 4.69) is 23.6 Å². The molecule has 0 spiro atoms. The van der Waals surface area contributed by atoms with Gasteiger partial charge in [-0.2, -0.15) is 0 Å². The van der Waals surface area contributed by atoms with Gasteiger partial charge in [-0.15, -0.1) is 0 Å². The Morgan fingerprint density at radius 3 is 2.45 bits per heavy atom. The number of allylic oxidation sites excluding steroid dienone is 1. The SMILES string of the molecule is CCCCCc1cc2c(c(O)c1C(=O)O)C(NC)=C(NC)C(C)(CC=C(C)C)O2. The lowest BCUT2D eigenvalue weighted by Crippen LogP contribution is -2.44. The fourth-order valence-corrected chi connectivity index (χ4v) is 3.88. The van der Waals surface area contributed by atoms with E-state index in [0.29, 0.717) is 35.4 Å². The standard InChI is InChI=1S/C23H34N2O4/c1-7-8-9-10-15-13-16-18(20(26)17(15)22(27)28)19(24-5)21(25-6)23(4,29-16)12-11-14(2)3/h11,13,24-26H,7-10,12H2,1-6H3,(H,27,28). The van der Waals surface area contributed by atoms with Gasteiger partial charge in [-0.1, -0.05) is 31.4 Å². The predicted molar refractivity (Wildman–Crippen MR) is 116 cm³/mol. The first-order chi connectivity index (χ1) is 13.7. The van der Waals surface area contributed by atoms with Crippen LogP contribution in [-0.4, -0.2) is 35.9 Å². The van der Waals surface area contributed by atoms with Gasteiger partial charge in [0.05, 0.1) is 17.0 Å². The Morgan fingerprint density at radius 1 is 1.24 bits per heavy atom. The van der Waals surface area contributed by atoms with Crippen molar-refractivity contribution < 1.29 is 19.7 Å². The summed E-state index contributed by atoms with van der Waals surface area (Å²) in [7, 11) is 3.56. The first-order valence-corrected chi connectivity index (χ1v) is 10.2. The number of hydrogen-bond acceptors (Lipinski definition) is 5. The zero-order valence-corrected chi connectivity index (χ0v) is 18.4. The third-order valence-electron chi connectivity index (χ3n) is 5.37. The molecule has 1 heterocycles. The van der Waals surface area contributed by atoms with Crippen molar-refractivity contribution in [3.05, 3.63) is 40.1 Å². The molecule has 2 rings (SSSR count). The van der Waals surface area contributed by atoms with Gasteiger partial charge in [0.15, 0.2) is 5.60 Å². The number of aromatic carboxylic acids is 1. The zero-order chi connectivity index (χ0) is 21.8. The summed E-state index contributed by atoms with van der Waals surface area (Å²) in [5.41, 5.74) is 2.90. The molecule has 0 aromatic heterocycles. The Morgan fingerprint density at radius 2 is 1.93 bits per heavy atom. The van der Waals surface area contributed by atoms with Crippen LogP contribution >= 0.6 is 0 Å². The van der Waals surface area contributed by atoms with Crippen molar-refractivity contribution in [1.82, 2.24) is 10.6 Å². The van der Waals surface area contributed by atoms with E-state index in [9.17, 15) is 15.0 Å². The average molecular weight is 403 g/mol. The number of carboxylic acid groups (broad SMARTS) is 1. The molecule has 1 aliphatic heterocycles. The van der Waals surface area contributed by atoms with Crippen LogP contribution in [0.5, 0.6) is 11.5 Å². The maximum absolute atomic E-state index is 12.0. The number of ether oxygens (including phenoxy) is 1. The summed E-state index contributed by atoms with van der Waals surface area (Å²) in [4.78, 5) is 12.0. The summed E-state index contributed by atoms with van der Waals surface area (Å²) < 4.78 is 6.41. The quantitative estimate of drug-likeness (QED) is 0.361. The lowest BCUT2D eigenvalue weighted by Gasteiger charge is -2.39. The number of hydrogen-bond donors (Lipinski definition) is 4. The van der Waals surface area contributed by atoms with E-state index in [-0.39, 0.29) is 11.3 Å². The van der Waals surface area contributed by atoms with Gasteiger partial charge in [0.1, 0.15) is 17.1 Å². The molecular weight excluding hydrogens is 368 g/mol. The number of aromatic hydroxyl groups is 1. The second-order valence-corrected chi connectivity index (χ2v) is 7.96. The molecule has 29 heavy (non-hydrogen) atoms. The molecule has 1 aromatic carbocycles. The fourth-order valence-electron chi connectivity index (χ4n) is 3.88. The zero-order valence-electron chi connectivity index (χ0n) is 18.4. The number of phenols is 1. The number of aryl methyl sites for hydroxylation is 1. The van der Waals surface area contributed by atoms with Gasteiger partial charge in [-0.25, -0.2) is 4.79 Å². The summed E-state index contributed by atoms with van der Waals surface area (Å²) in [6, 6.07) is 1.79. The van der Waals surface area contributed by atoms with Gasteiger partial charge >= 0.3 is 5.97 Å². The van der Waals surface area contributed by atoms with E-state index in [1.54, 1.807) is 20.2 Å². The number of fused-ring (bicyclic) bond motifs is 1. The second kappa shape index (κ2) is 9.25. The number of carbonyl (C=O) groups is 1. The maximum Gasteiger partial charge on any atom is 0.339 e. The summed E-state index contributed by atoms with van der Waals surface area (Å²) in [6.07, 6.45) is 6.24. The van der Waals surface area contributed by atoms with Crippen molar-refractivity contribution in [3.8, 4) is 11.5 Å². The average Bonchev–Trinajstić information content (AvgIpc) is 2.65. The summed E-state index contributed by atoms with van der Waals surface area (Å²) >= 11 is 0. The first-order valence-electron chi connectivity index (χ1n) is 10.2. The minimum Gasteiger partial charge on any atom is -0.506 e. The molecular formula is C23H34N2O4. The van der Waals surface area contributed by atoms with Crippen LogP contribution in [0.25, 0.3) is 5.70 Å². The van der Waals surface area contributed by atoms with Crippen molar-refractivity contribution in [2.75, 3.05) is 14.1 Å². The van der Waals surface area contributed by atoms with E-state index < -0.39 is 11.6 Å². The number of unbranched alkanes of at least 4 members (excludes halogenated alkanes) is 2. The van der Waals surface area contributed by atoms with Crippen LogP contribution in [0.1, 0.15) is 74.9 Å². The molecule has 1 aliphatic rings. The molecule has 1 aromatic rings. The Balaban J connectivity index is 2.71. The van der Waals surface area contributed by atoms with Crippen LogP contribution in [0.4, 0.5) is 0 Å². The van der Waals surface area contributed by atoms with Gasteiger partial charge in [-0.05, 0) is 45.2 Å². The van der Waals surface area contributed by atoms with Gasteiger partial charge in [-0.3, -0.25) is 0 Å². The van der Waals surface area contributed by atoms with Crippen molar-refractivity contribution in [3.63, 3.8) is 0 Å². The van der Waals surface area contributed by atoms with Crippen LogP contribution in [-0.2, 0) is 6.42 Å². The number of nitrogens with one attached hydrogen (secondary N) is 2. The van der Waals surface area contributed by atoms with Crippen molar-refractivity contribution >= 4 is 11.7 Å². The Bertz CT molecular complexity index is 838. The monoisotopic (exact) mass is 402 g/mol. The summed E-state index contributed by atoms with van der Waals surface area (Å²) in [5, 5.41) is 27.1. The van der Waals surface area contributed by atoms with E-state index in [1.165, 1.54) is 5.57 Å². The molecule has 160 valence electrons. The molecule has 0 amide bonds. The van der Waals surface area contributed by atoms with Gasteiger partial charge in [0.2, 0.25) is 0 Å². The number of benzene rings is 1. The third kappa shape index (κ3) is 4.52. The highest BCUT2D eigenvalue weighted by Gasteiger charge is 2.40. The number of rotatable bonds is 9. The van der Waals surface area contributed by atoms with E-state index in [4.69, 9.17) is 4.74 Å². The van der Waals surface area contributed by atoms with Crippen molar-refractivity contribution in [2.24, 2.45) is 0 Å². The lowest BCUT2D eigenvalue weighted by molar-refractivity contribution is 0.0692. The Hall–Kier alpha value is -2.63. The molecule has 0 aliphatic carbocycles. The predicted octanol–water partition coefficient (Wildman–Crippen LogP) is 4.44. The molecule has 0 saturated heterocycles. The summed E-state index contributed by atoms with van der Waals surface area (Å²) in [5.74, 6) is -0.869. The van der Waals surface area contributed by atoms with E-state index >= 15 is 0 Å². The smallest absolute Gasteiger partial charge is 0.339 e. The van der Waals surface area contributed by atoms with Crippen LogP contribution in [0.15, 0.2) is 23.4 Å². The second-order valence-electron chi connectivity index (χ2n) is 7.96. The molecule has 6 nitrogen and oxygen atoms in total. The van der Waals surface area contributed by atoms with Crippen molar-refractivity contribution in [2.45, 2.75) is 65.4 Å². The minimum atomic E-state index is -1.13. The molecule has 0 saturated carbocycles. The normalized spacial score (nSPS) is 18.0. The molecule has 0 radical (unpaired) electrons. The van der Waals surface area contributed by atoms with E-state index in [0.717, 1.165) is 25.0 Å². The van der Waals surface area contributed by atoms with E-state index in [1.807, 2.05) is 20.8 Å². The largest absolute Gasteiger partial charge is 0.506 e. The molecule has 6 heteroatoms. The van der Waals surface area contributed by atoms with Crippen LogP contribution in [0.3, 0.4) is 0 Å². The molecule has 1 unspecified atom stereocenters. The van der Waals surface area contributed by atoms with Crippen LogP contribution in [0, 0.1) is 0 Å². The maximum atomic E-state index is 12.0. The topological polar surface area (TPSA) is 90.8 Å². The Kier molecular flexibility index (Phi) is 7.22. The number of likely N-dealkylation sites (N-methyl/N-ethyl adjacent to an activating group) is 1. The van der Waals surface area contributed by atoms with Gasteiger partial charge < -0.3 is 25.6 Å². The Labute approximate surface area is 173 Å². The first kappa shape index (κ1) is 22.7. The van der Waals surface area contributed by atoms with Crippen LogP contribution < -0.4 is 15.4 Å². The summed E-state index contributed by atoms with van der Waals surface area (Å²) in [6.45, 7) is 8.18. The lowest BCUT2D eigenvalue weighted by atomic mass is 9.87. The number of carboxylic acids is 1.